The zero-order valence-electron chi connectivity index (χ0n) is 9.28. The smallest absolute Gasteiger partial charge is 0.242 e. The lowest BCUT2D eigenvalue weighted by Crippen LogP contribution is -2.62. The van der Waals surface area contributed by atoms with E-state index in [0.29, 0.717) is 12.5 Å². The maximum absolute atomic E-state index is 12.0. The van der Waals surface area contributed by atoms with E-state index >= 15 is 0 Å². The minimum absolute atomic E-state index is 0.0414. The van der Waals surface area contributed by atoms with Crippen LogP contribution in [0, 0.1) is 5.92 Å². The van der Waals surface area contributed by atoms with E-state index in [-0.39, 0.29) is 12.0 Å². The Kier molecular flexibility index (Phi) is 2.73. The molecule has 0 aromatic carbocycles. The molecule has 2 fully saturated rings. The molecule has 2 atom stereocenters. The lowest BCUT2D eigenvalue weighted by atomic mass is 9.76. The fraction of sp³-hybridized carbons (Fsp3) is 0.909. The Labute approximate surface area is 90.4 Å². The van der Waals surface area contributed by atoms with Crippen molar-refractivity contribution in [3.63, 3.8) is 0 Å². The number of likely N-dealkylation sites (tertiary alicyclic amines) is 1. The number of aliphatic hydroxyl groups excluding tert-OH is 1. The Morgan fingerprint density at radius 3 is 2.67 bits per heavy atom. The van der Waals surface area contributed by atoms with Gasteiger partial charge in [0.2, 0.25) is 5.91 Å². The van der Waals surface area contributed by atoms with Gasteiger partial charge in [0, 0.05) is 13.1 Å². The van der Waals surface area contributed by atoms with Crippen LogP contribution >= 0.6 is 0 Å². The summed E-state index contributed by atoms with van der Waals surface area (Å²) in [5.41, 5.74) is 5.37. The van der Waals surface area contributed by atoms with Crippen LogP contribution in [0.1, 0.15) is 32.6 Å². The van der Waals surface area contributed by atoms with E-state index in [1.807, 2.05) is 6.92 Å². The van der Waals surface area contributed by atoms with Gasteiger partial charge < -0.3 is 15.7 Å². The first-order valence-corrected chi connectivity index (χ1v) is 5.79. The SMILES string of the molecule is CC1CCN(C(=O)C2(N)CCC2)CC1O. The molecule has 2 unspecified atom stereocenters. The van der Waals surface area contributed by atoms with Crippen molar-refractivity contribution in [2.24, 2.45) is 11.7 Å². The molecule has 0 aromatic heterocycles. The van der Waals surface area contributed by atoms with Gasteiger partial charge in [-0.05, 0) is 31.6 Å². The van der Waals surface area contributed by atoms with Gasteiger partial charge in [0.1, 0.15) is 0 Å². The third kappa shape index (κ3) is 1.88. The molecule has 0 spiro atoms. The highest BCUT2D eigenvalue weighted by atomic mass is 16.3. The molecule has 1 amide bonds. The highest BCUT2D eigenvalue weighted by molar-refractivity contribution is 5.87. The fourth-order valence-electron chi connectivity index (χ4n) is 2.32. The summed E-state index contributed by atoms with van der Waals surface area (Å²) in [7, 11) is 0. The molecular formula is C11H20N2O2. The summed E-state index contributed by atoms with van der Waals surface area (Å²) in [4.78, 5) is 13.8. The molecule has 1 aliphatic carbocycles. The standard InChI is InChI=1S/C11H20N2O2/c1-8-3-6-13(7-9(8)14)10(15)11(12)4-2-5-11/h8-9,14H,2-7,12H2,1H3. The first-order chi connectivity index (χ1) is 7.03. The van der Waals surface area contributed by atoms with Crippen molar-refractivity contribution in [3.05, 3.63) is 0 Å². The fourth-order valence-corrected chi connectivity index (χ4v) is 2.32. The van der Waals surface area contributed by atoms with Crippen molar-refractivity contribution in [1.82, 2.24) is 4.90 Å². The van der Waals surface area contributed by atoms with E-state index in [2.05, 4.69) is 0 Å². The quantitative estimate of drug-likeness (QED) is 0.647. The van der Waals surface area contributed by atoms with Gasteiger partial charge in [-0.25, -0.2) is 0 Å². The van der Waals surface area contributed by atoms with Gasteiger partial charge in [0.15, 0.2) is 0 Å². The number of carbonyl (C=O) groups excluding carboxylic acids is 1. The number of aliphatic hydroxyl groups is 1. The molecule has 1 aliphatic heterocycles. The molecule has 0 aromatic rings. The molecule has 1 saturated heterocycles. The minimum atomic E-state index is -0.611. The maximum atomic E-state index is 12.0. The number of β-amino-alcohol motifs (C(OH)–C–C–N with tert-alkyl or cyclic N) is 1. The number of nitrogens with zero attached hydrogens (tertiary/aromatic N) is 1. The van der Waals surface area contributed by atoms with Crippen molar-refractivity contribution in [2.75, 3.05) is 13.1 Å². The van der Waals surface area contributed by atoms with Crippen LogP contribution in [0.4, 0.5) is 0 Å². The Morgan fingerprint density at radius 2 is 2.20 bits per heavy atom. The van der Waals surface area contributed by atoms with Gasteiger partial charge in [-0.15, -0.1) is 0 Å². The molecule has 2 rings (SSSR count). The van der Waals surface area contributed by atoms with Crippen molar-refractivity contribution in [2.45, 2.75) is 44.2 Å². The van der Waals surface area contributed by atoms with E-state index in [1.165, 1.54) is 0 Å². The number of amides is 1. The van der Waals surface area contributed by atoms with E-state index in [9.17, 15) is 9.90 Å². The summed E-state index contributed by atoms with van der Waals surface area (Å²) in [5.74, 6) is 0.337. The van der Waals surface area contributed by atoms with E-state index < -0.39 is 5.54 Å². The summed E-state index contributed by atoms with van der Waals surface area (Å²) in [6, 6.07) is 0. The van der Waals surface area contributed by atoms with Crippen molar-refractivity contribution >= 4 is 5.91 Å². The van der Waals surface area contributed by atoms with Crippen LogP contribution in [0.25, 0.3) is 0 Å². The van der Waals surface area contributed by atoms with Crippen molar-refractivity contribution in [1.29, 1.82) is 0 Å². The van der Waals surface area contributed by atoms with Crippen molar-refractivity contribution in [3.8, 4) is 0 Å². The number of rotatable bonds is 1. The average Bonchev–Trinajstić information content (AvgIpc) is 2.17. The molecular weight excluding hydrogens is 192 g/mol. The molecule has 86 valence electrons. The number of hydrogen-bond acceptors (Lipinski definition) is 3. The van der Waals surface area contributed by atoms with Crippen molar-refractivity contribution < 1.29 is 9.90 Å². The predicted octanol–water partition coefficient (Wildman–Crippen LogP) is 0.0971. The molecule has 1 saturated carbocycles. The van der Waals surface area contributed by atoms with Crippen LogP contribution in [0.2, 0.25) is 0 Å². The summed E-state index contributed by atoms with van der Waals surface area (Å²) in [5, 5.41) is 9.72. The van der Waals surface area contributed by atoms with Crippen LogP contribution in [-0.4, -0.2) is 40.6 Å². The minimum Gasteiger partial charge on any atom is -0.391 e. The van der Waals surface area contributed by atoms with E-state index in [4.69, 9.17) is 5.73 Å². The summed E-state index contributed by atoms with van der Waals surface area (Å²) in [6.45, 7) is 3.23. The lowest BCUT2D eigenvalue weighted by molar-refractivity contribution is -0.144. The molecule has 0 radical (unpaired) electrons. The third-order valence-electron chi connectivity index (χ3n) is 3.88. The first kappa shape index (κ1) is 10.9. The van der Waals surface area contributed by atoms with Gasteiger partial charge in [-0.2, -0.15) is 0 Å². The van der Waals surface area contributed by atoms with E-state index in [0.717, 1.165) is 32.2 Å². The van der Waals surface area contributed by atoms with Gasteiger partial charge in [0.05, 0.1) is 11.6 Å². The highest BCUT2D eigenvalue weighted by Gasteiger charge is 2.44. The third-order valence-corrected chi connectivity index (χ3v) is 3.88. The zero-order valence-corrected chi connectivity index (χ0v) is 9.28. The Morgan fingerprint density at radius 1 is 1.53 bits per heavy atom. The maximum Gasteiger partial charge on any atom is 0.242 e. The highest BCUT2D eigenvalue weighted by Crippen LogP contribution is 2.32. The second-order valence-corrected chi connectivity index (χ2v) is 5.09. The van der Waals surface area contributed by atoms with Gasteiger partial charge >= 0.3 is 0 Å². The van der Waals surface area contributed by atoms with Crippen LogP contribution in [-0.2, 0) is 4.79 Å². The van der Waals surface area contributed by atoms with Gasteiger partial charge in [-0.3, -0.25) is 4.79 Å². The Hall–Kier alpha value is -0.610. The summed E-state index contributed by atoms with van der Waals surface area (Å²) < 4.78 is 0. The lowest BCUT2D eigenvalue weighted by Gasteiger charge is -2.43. The first-order valence-electron chi connectivity index (χ1n) is 5.79. The largest absolute Gasteiger partial charge is 0.391 e. The van der Waals surface area contributed by atoms with Crippen LogP contribution in [0.5, 0.6) is 0 Å². The van der Waals surface area contributed by atoms with E-state index in [1.54, 1.807) is 4.90 Å². The molecule has 4 heteroatoms. The molecule has 2 aliphatic rings. The zero-order chi connectivity index (χ0) is 11.1. The topological polar surface area (TPSA) is 66.6 Å². The molecule has 3 N–H and O–H groups in total. The second kappa shape index (κ2) is 3.76. The van der Waals surface area contributed by atoms with Crippen LogP contribution in [0.3, 0.4) is 0 Å². The normalized spacial score (nSPS) is 34.7. The van der Waals surface area contributed by atoms with Gasteiger partial charge in [-0.1, -0.05) is 6.92 Å². The molecule has 0 bridgehead atoms. The van der Waals surface area contributed by atoms with Crippen LogP contribution < -0.4 is 5.73 Å². The average molecular weight is 212 g/mol. The number of carbonyl (C=O) groups is 1. The molecule has 15 heavy (non-hydrogen) atoms. The molecule has 4 nitrogen and oxygen atoms in total. The summed E-state index contributed by atoms with van der Waals surface area (Å²) >= 11 is 0. The monoisotopic (exact) mass is 212 g/mol. The summed E-state index contributed by atoms with van der Waals surface area (Å²) in [6.07, 6.45) is 3.14. The number of hydrogen-bond donors (Lipinski definition) is 2. The second-order valence-electron chi connectivity index (χ2n) is 5.09. The van der Waals surface area contributed by atoms with Gasteiger partial charge in [0.25, 0.3) is 0 Å². The Bertz CT molecular complexity index is 263. The Balaban J connectivity index is 1.97. The predicted molar refractivity (Wildman–Crippen MR) is 57.1 cm³/mol. The van der Waals surface area contributed by atoms with Crippen LogP contribution in [0.15, 0.2) is 0 Å². The molecule has 1 heterocycles. The number of piperidine rings is 1. The number of nitrogens with two attached hydrogens (primary N) is 1.